The molecule has 1 heterocycles. The molecule has 1 atom stereocenters. The van der Waals surface area contributed by atoms with Gasteiger partial charge in [0.2, 0.25) is 0 Å². The molecule has 2 N–H and O–H groups in total. The number of nitrogens with zero attached hydrogens (tertiary/aromatic N) is 4. The summed E-state index contributed by atoms with van der Waals surface area (Å²) < 4.78 is 1.90. The highest BCUT2D eigenvalue weighted by molar-refractivity contribution is 5.71. The predicted octanol–water partition coefficient (Wildman–Crippen LogP) is 2.67. The number of aromatic nitrogens is 4. The van der Waals surface area contributed by atoms with Gasteiger partial charge in [0.1, 0.15) is 0 Å². The quantitative estimate of drug-likeness (QED) is 0.822. The maximum atomic E-state index is 5.99. The Morgan fingerprint density at radius 2 is 2.06 bits per heavy atom. The second kappa shape index (κ2) is 5.62. The molecule has 1 aromatic heterocycles. The maximum absolute atomic E-state index is 5.99. The molecule has 0 spiro atoms. The van der Waals surface area contributed by atoms with Crippen LogP contribution in [-0.4, -0.2) is 20.2 Å². The highest BCUT2D eigenvalue weighted by Crippen LogP contribution is 2.27. The van der Waals surface area contributed by atoms with E-state index in [9.17, 15) is 0 Å². The summed E-state index contributed by atoms with van der Waals surface area (Å²) in [4.78, 5) is 0. The molecular weight excluding hydrogens is 226 g/mol. The summed E-state index contributed by atoms with van der Waals surface area (Å²) in [6.07, 6.45) is 3.20. The fourth-order valence-electron chi connectivity index (χ4n) is 2.15. The third kappa shape index (κ3) is 2.34. The molecule has 0 saturated heterocycles. The minimum absolute atomic E-state index is 0.333. The zero-order valence-electron chi connectivity index (χ0n) is 10.9. The predicted molar refractivity (Wildman–Crippen MR) is 71.9 cm³/mol. The van der Waals surface area contributed by atoms with Gasteiger partial charge in [-0.1, -0.05) is 32.4 Å². The van der Waals surface area contributed by atoms with Crippen LogP contribution in [0.2, 0.25) is 0 Å². The van der Waals surface area contributed by atoms with Gasteiger partial charge < -0.3 is 5.73 Å². The van der Waals surface area contributed by atoms with E-state index in [0.717, 1.165) is 30.7 Å². The number of benzene rings is 1. The first-order valence-corrected chi connectivity index (χ1v) is 6.40. The summed E-state index contributed by atoms with van der Waals surface area (Å²) >= 11 is 0. The Hall–Kier alpha value is -1.91. The van der Waals surface area contributed by atoms with Crippen molar-refractivity contribution >= 4 is 5.69 Å². The Kier molecular flexibility index (Phi) is 3.92. The molecule has 0 saturated carbocycles. The third-order valence-corrected chi connectivity index (χ3v) is 3.13. The van der Waals surface area contributed by atoms with Gasteiger partial charge in [0, 0.05) is 11.3 Å². The lowest BCUT2D eigenvalue weighted by Gasteiger charge is -2.16. The molecule has 0 radical (unpaired) electrons. The van der Waals surface area contributed by atoms with Crippen molar-refractivity contribution in [3.05, 3.63) is 24.3 Å². The fraction of sp³-hybridized carbons (Fsp3) is 0.462. The van der Waals surface area contributed by atoms with Crippen LogP contribution < -0.4 is 5.73 Å². The largest absolute Gasteiger partial charge is 0.398 e. The average Bonchev–Trinajstić information content (AvgIpc) is 2.85. The second-order valence-electron chi connectivity index (χ2n) is 4.39. The molecule has 0 aliphatic rings. The normalized spacial score (nSPS) is 12.6. The molecule has 2 aromatic rings. The van der Waals surface area contributed by atoms with E-state index >= 15 is 0 Å². The number of hydrogen-bond acceptors (Lipinski definition) is 4. The van der Waals surface area contributed by atoms with E-state index in [4.69, 9.17) is 5.73 Å². The number of nitrogens with two attached hydrogens (primary N) is 1. The van der Waals surface area contributed by atoms with Gasteiger partial charge in [0.15, 0.2) is 5.82 Å². The van der Waals surface area contributed by atoms with Crippen LogP contribution in [0.4, 0.5) is 5.69 Å². The summed E-state index contributed by atoms with van der Waals surface area (Å²) in [6.45, 7) is 4.32. The van der Waals surface area contributed by atoms with E-state index in [1.54, 1.807) is 0 Å². The number of nitrogen functional groups attached to an aromatic ring is 1. The summed E-state index contributed by atoms with van der Waals surface area (Å²) in [6, 6.07) is 8.02. The average molecular weight is 245 g/mol. The van der Waals surface area contributed by atoms with Crippen LogP contribution in [-0.2, 0) is 0 Å². The lowest BCUT2D eigenvalue weighted by atomic mass is 10.1. The van der Waals surface area contributed by atoms with Crippen molar-refractivity contribution in [1.82, 2.24) is 20.2 Å². The molecule has 1 unspecified atom stereocenters. The van der Waals surface area contributed by atoms with Crippen molar-refractivity contribution in [2.45, 2.75) is 39.2 Å². The number of hydrogen-bond donors (Lipinski definition) is 1. The van der Waals surface area contributed by atoms with Gasteiger partial charge in [-0.3, -0.25) is 0 Å². The standard InChI is InChI=1S/C13H19N5/c1-3-7-10(4-2)18-13(15-16-17-18)11-8-5-6-9-12(11)14/h5-6,8-10H,3-4,7,14H2,1-2H3. The molecule has 18 heavy (non-hydrogen) atoms. The van der Waals surface area contributed by atoms with Crippen LogP contribution >= 0.6 is 0 Å². The number of tetrazole rings is 1. The van der Waals surface area contributed by atoms with E-state index in [-0.39, 0.29) is 0 Å². The van der Waals surface area contributed by atoms with Gasteiger partial charge in [-0.15, -0.1) is 5.10 Å². The van der Waals surface area contributed by atoms with Crippen LogP contribution in [0.25, 0.3) is 11.4 Å². The minimum Gasteiger partial charge on any atom is -0.398 e. The highest BCUT2D eigenvalue weighted by Gasteiger charge is 2.17. The van der Waals surface area contributed by atoms with Gasteiger partial charge in [-0.05, 0) is 35.4 Å². The molecule has 96 valence electrons. The van der Waals surface area contributed by atoms with Crippen LogP contribution in [0.1, 0.15) is 39.2 Å². The van der Waals surface area contributed by atoms with Gasteiger partial charge >= 0.3 is 0 Å². The smallest absolute Gasteiger partial charge is 0.184 e. The lowest BCUT2D eigenvalue weighted by Crippen LogP contribution is -2.12. The topological polar surface area (TPSA) is 69.6 Å². The van der Waals surface area contributed by atoms with Crippen LogP contribution in [0, 0.1) is 0 Å². The fourth-order valence-corrected chi connectivity index (χ4v) is 2.15. The summed E-state index contributed by atoms with van der Waals surface area (Å²) in [5.74, 6) is 0.758. The monoisotopic (exact) mass is 245 g/mol. The first-order valence-electron chi connectivity index (χ1n) is 6.40. The Morgan fingerprint density at radius 1 is 1.28 bits per heavy atom. The molecule has 0 bridgehead atoms. The Morgan fingerprint density at radius 3 is 2.72 bits per heavy atom. The SMILES string of the molecule is CCCC(CC)n1nnnc1-c1ccccc1N. The zero-order valence-corrected chi connectivity index (χ0v) is 10.9. The van der Waals surface area contributed by atoms with Gasteiger partial charge in [0.25, 0.3) is 0 Å². The molecule has 0 fully saturated rings. The maximum Gasteiger partial charge on any atom is 0.184 e. The molecule has 0 aliphatic carbocycles. The summed E-state index contributed by atoms with van der Waals surface area (Å²) in [5, 5.41) is 12.0. The van der Waals surface area contributed by atoms with Crippen LogP contribution in [0.15, 0.2) is 24.3 Å². The van der Waals surface area contributed by atoms with Gasteiger partial charge in [-0.25, -0.2) is 4.68 Å². The molecule has 0 aliphatic heterocycles. The van der Waals surface area contributed by atoms with Gasteiger partial charge in [-0.2, -0.15) is 0 Å². The number of rotatable bonds is 5. The number of anilines is 1. The Bertz CT molecular complexity index is 506. The van der Waals surface area contributed by atoms with E-state index in [0.29, 0.717) is 11.7 Å². The molecule has 5 nitrogen and oxygen atoms in total. The minimum atomic E-state index is 0.333. The second-order valence-corrected chi connectivity index (χ2v) is 4.39. The van der Waals surface area contributed by atoms with Crippen molar-refractivity contribution < 1.29 is 0 Å². The third-order valence-electron chi connectivity index (χ3n) is 3.13. The van der Waals surface area contributed by atoms with E-state index < -0.39 is 0 Å². The van der Waals surface area contributed by atoms with Crippen molar-refractivity contribution in [2.75, 3.05) is 5.73 Å². The number of para-hydroxylation sites is 1. The van der Waals surface area contributed by atoms with Gasteiger partial charge in [0.05, 0.1) is 6.04 Å². The Labute approximate surface area is 107 Å². The molecule has 5 heteroatoms. The first-order chi connectivity index (χ1) is 8.77. The molecule has 0 amide bonds. The van der Waals surface area contributed by atoms with Crippen LogP contribution in [0.3, 0.4) is 0 Å². The van der Waals surface area contributed by atoms with E-state index in [2.05, 4.69) is 29.4 Å². The molecule has 2 rings (SSSR count). The van der Waals surface area contributed by atoms with Crippen molar-refractivity contribution in [3.8, 4) is 11.4 Å². The van der Waals surface area contributed by atoms with Crippen molar-refractivity contribution in [2.24, 2.45) is 0 Å². The first kappa shape index (κ1) is 12.5. The van der Waals surface area contributed by atoms with Crippen molar-refractivity contribution in [1.29, 1.82) is 0 Å². The zero-order chi connectivity index (χ0) is 13.0. The summed E-state index contributed by atoms with van der Waals surface area (Å²) in [5.41, 5.74) is 7.60. The molecule has 1 aromatic carbocycles. The highest BCUT2D eigenvalue weighted by atomic mass is 15.5. The lowest BCUT2D eigenvalue weighted by molar-refractivity contribution is 0.404. The van der Waals surface area contributed by atoms with E-state index in [1.165, 1.54) is 0 Å². The molecular formula is C13H19N5. The Balaban J connectivity index is 2.41. The van der Waals surface area contributed by atoms with Crippen LogP contribution in [0.5, 0.6) is 0 Å². The van der Waals surface area contributed by atoms with E-state index in [1.807, 2.05) is 28.9 Å². The van der Waals surface area contributed by atoms with Crippen molar-refractivity contribution in [3.63, 3.8) is 0 Å². The summed E-state index contributed by atoms with van der Waals surface area (Å²) in [7, 11) is 0.